The predicted octanol–water partition coefficient (Wildman–Crippen LogP) is 3.60. The zero-order chi connectivity index (χ0) is 20.1. The Kier molecular flexibility index (Phi) is 4.17. The van der Waals surface area contributed by atoms with Crippen LogP contribution in [0.1, 0.15) is 19.5 Å². The van der Waals surface area contributed by atoms with E-state index in [1.165, 1.54) is 0 Å². The molecule has 0 bridgehead atoms. The van der Waals surface area contributed by atoms with Gasteiger partial charge in [0.05, 0.1) is 23.0 Å². The van der Waals surface area contributed by atoms with Gasteiger partial charge in [-0.05, 0) is 45.0 Å². The van der Waals surface area contributed by atoms with Gasteiger partial charge in [-0.3, -0.25) is 4.98 Å². The van der Waals surface area contributed by atoms with Crippen LogP contribution in [0, 0.1) is 6.92 Å². The fourth-order valence-corrected chi connectivity index (χ4v) is 4.30. The number of benzene rings is 1. The van der Waals surface area contributed by atoms with Crippen molar-refractivity contribution in [3.05, 3.63) is 65.0 Å². The number of nitrogens with one attached hydrogen (secondary N) is 1. The molecule has 4 heterocycles. The molecule has 0 radical (unpaired) electrons. The van der Waals surface area contributed by atoms with E-state index >= 15 is 0 Å². The number of aryl methyl sites for hydroxylation is 1. The van der Waals surface area contributed by atoms with Crippen molar-refractivity contribution in [2.45, 2.75) is 32.9 Å². The van der Waals surface area contributed by atoms with E-state index in [0.717, 1.165) is 40.9 Å². The molecular formula is C23H24N4O2. The van der Waals surface area contributed by atoms with Crippen LogP contribution in [0.15, 0.2) is 58.1 Å². The smallest absolute Gasteiger partial charge is 0.344 e. The molecule has 29 heavy (non-hydrogen) atoms. The van der Waals surface area contributed by atoms with Crippen LogP contribution in [0.2, 0.25) is 0 Å². The SMILES string of the molecule is Cc1cn2cc(-c3cc4ccc(N5C[C@@H](C)N[C@@H](C)C5)cc4oc3=O)cc2cn1. The summed E-state index contributed by atoms with van der Waals surface area (Å²) in [5, 5.41) is 4.46. The molecule has 1 aliphatic rings. The standard InChI is InChI=1S/C23H24N4O2/c1-14-10-27-13-18(6-20(27)9-24-14)21-7-17-4-5-19(8-22(17)29-23(21)28)26-11-15(2)25-16(3)12-26/h4-10,13,15-16,25H,11-12H2,1-3H3/t15-,16+. The first-order valence-electron chi connectivity index (χ1n) is 10.00. The van der Waals surface area contributed by atoms with Crippen molar-refractivity contribution in [2.75, 3.05) is 18.0 Å². The van der Waals surface area contributed by atoms with E-state index in [4.69, 9.17) is 4.42 Å². The van der Waals surface area contributed by atoms with Crippen molar-refractivity contribution in [1.29, 1.82) is 0 Å². The van der Waals surface area contributed by atoms with Gasteiger partial charge >= 0.3 is 5.63 Å². The Hall–Kier alpha value is -3.12. The summed E-state index contributed by atoms with van der Waals surface area (Å²) in [6.07, 6.45) is 5.70. The van der Waals surface area contributed by atoms with E-state index in [1.807, 2.05) is 54.2 Å². The summed E-state index contributed by atoms with van der Waals surface area (Å²) >= 11 is 0. The first kappa shape index (κ1) is 17.9. The summed E-state index contributed by atoms with van der Waals surface area (Å²) in [6.45, 7) is 8.19. The summed E-state index contributed by atoms with van der Waals surface area (Å²) in [4.78, 5) is 19.4. The summed E-state index contributed by atoms with van der Waals surface area (Å²) in [6, 6.07) is 10.9. The molecule has 1 N–H and O–H groups in total. The molecule has 4 aromatic rings. The highest BCUT2D eigenvalue weighted by atomic mass is 16.4. The maximum atomic E-state index is 12.8. The maximum absolute atomic E-state index is 12.8. The third-order valence-electron chi connectivity index (χ3n) is 5.56. The number of anilines is 1. The Morgan fingerprint density at radius 3 is 2.69 bits per heavy atom. The van der Waals surface area contributed by atoms with Gasteiger partial charge in [0.25, 0.3) is 0 Å². The van der Waals surface area contributed by atoms with Gasteiger partial charge in [0.1, 0.15) is 5.58 Å². The number of piperazine rings is 1. The number of rotatable bonds is 2. The number of hydrogen-bond acceptors (Lipinski definition) is 5. The summed E-state index contributed by atoms with van der Waals surface area (Å²) in [5.41, 5.74) is 4.66. The number of aromatic nitrogens is 2. The molecule has 6 heteroatoms. The second kappa shape index (κ2) is 6.74. The number of fused-ring (bicyclic) bond motifs is 2. The summed E-state index contributed by atoms with van der Waals surface area (Å²) in [7, 11) is 0. The van der Waals surface area contributed by atoms with Gasteiger partial charge in [0.15, 0.2) is 0 Å². The highest BCUT2D eigenvalue weighted by molar-refractivity contribution is 5.85. The van der Waals surface area contributed by atoms with Gasteiger partial charge in [0, 0.05) is 60.3 Å². The monoisotopic (exact) mass is 388 g/mol. The lowest BCUT2D eigenvalue weighted by Gasteiger charge is -2.37. The van der Waals surface area contributed by atoms with Crippen LogP contribution in [0.4, 0.5) is 5.69 Å². The highest BCUT2D eigenvalue weighted by Gasteiger charge is 2.21. The van der Waals surface area contributed by atoms with Gasteiger partial charge in [-0.25, -0.2) is 4.79 Å². The maximum Gasteiger partial charge on any atom is 0.344 e. The normalized spacial score (nSPS) is 19.9. The van der Waals surface area contributed by atoms with Crippen LogP contribution < -0.4 is 15.8 Å². The quantitative estimate of drug-likeness (QED) is 0.532. The Morgan fingerprint density at radius 2 is 1.90 bits per heavy atom. The molecule has 0 aliphatic carbocycles. The summed E-state index contributed by atoms with van der Waals surface area (Å²) in [5.74, 6) is 0. The average molecular weight is 388 g/mol. The fourth-order valence-electron chi connectivity index (χ4n) is 4.30. The molecule has 0 spiro atoms. The first-order valence-corrected chi connectivity index (χ1v) is 10.00. The number of hydrogen-bond donors (Lipinski definition) is 1. The highest BCUT2D eigenvalue weighted by Crippen LogP contribution is 2.27. The molecular weight excluding hydrogens is 364 g/mol. The second-order valence-corrected chi connectivity index (χ2v) is 8.13. The van der Waals surface area contributed by atoms with E-state index in [9.17, 15) is 4.79 Å². The third kappa shape index (κ3) is 3.29. The van der Waals surface area contributed by atoms with Crippen molar-refractivity contribution in [3.63, 3.8) is 0 Å². The van der Waals surface area contributed by atoms with E-state index in [1.54, 1.807) is 0 Å². The largest absolute Gasteiger partial charge is 0.422 e. The lowest BCUT2D eigenvalue weighted by atomic mass is 10.1. The van der Waals surface area contributed by atoms with Gasteiger partial charge < -0.3 is 19.0 Å². The molecule has 1 aliphatic heterocycles. The Bertz CT molecular complexity index is 1260. The van der Waals surface area contributed by atoms with Crippen LogP contribution in [-0.4, -0.2) is 34.6 Å². The van der Waals surface area contributed by atoms with Gasteiger partial charge in [-0.2, -0.15) is 0 Å². The molecule has 2 atom stereocenters. The average Bonchev–Trinajstić information content (AvgIpc) is 3.09. The third-order valence-corrected chi connectivity index (χ3v) is 5.56. The van der Waals surface area contributed by atoms with Gasteiger partial charge in [-0.1, -0.05) is 0 Å². The van der Waals surface area contributed by atoms with E-state index in [-0.39, 0.29) is 5.63 Å². The summed E-state index contributed by atoms with van der Waals surface area (Å²) < 4.78 is 7.71. The lowest BCUT2D eigenvalue weighted by molar-refractivity contribution is 0.407. The van der Waals surface area contributed by atoms with Crippen LogP contribution in [0.25, 0.3) is 27.6 Å². The first-order chi connectivity index (χ1) is 14.0. The fraction of sp³-hybridized carbons (Fsp3) is 0.304. The van der Waals surface area contributed by atoms with Crippen molar-refractivity contribution < 1.29 is 4.42 Å². The lowest BCUT2D eigenvalue weighted by Crippen LogP contribution is -2.54. The molecule has 0 saturated carbocycles. The van der Waals surface area contributed by atoms with Crippen molar-refractivity contribution in [2.24, 2.45) is 0 Å². The van der Waals surface area contributed by atoms with E-state index < -0.39 is 0 Å². The Morgan fingerprint density at radius 1 is 1.10 bits per heavy atom. The second-order valence-electron chi connectivity index (χ2n) is 8.13. The van der Waals surface area contributed by atoms with Crippen LogP contribution in [0.3, 0.4) is 0 Å². The van der Waals surface area contributed by atoms with Gasteiger partial charge in [-0.15, -0.1) is 0 Å². The molecule has 1 fully saturated rings. The van der Waals surface area contributed by atoms with Crippen LogP contribution in [0.5, 0.6) is 0 Å². The number of nitrogens with zero attached hydrogens (tertiary/aromatic N) is 3. The Labute approximate surface area is 168 Å². The minimum absolute atomic E-state index is 0.322. The van der Waals surface area contributed by atoms with Crippen LogP contribution >= 0.6 is 0 Å². The molecule has 0 amide bonds. The van der Waals surface area contributed by atoms with Crippen LogP contribution in [-0.2, 0) is 0 Å². The molecule has 5 rings (SSSR count). The Balaban J connectivity index is 1.55. The zero-order valence-electron chi connectivity index (χ0n) is 16.8. The molecule has 3 aromatic heterocycles. The topological polar surface area (TPSA) is 62.8 Å². The minimum atomic E-state index is -0.322. The van der Waals surface area contributed by atoms with E-state index in [0.29, 0.717) is 23.2 Å². The van der Waals surface area contributed by atoms with Gasteiger partial charge in [0.2, 0.25) is 0 Å². The van der Waals surface area contributed by atoms with E-state index in [2.05, 4.69) is 35.1 Å². The molecule has 1 saturated heterocycles. The zero-order valence-corrected chi connectivity index (χ0v) is 16.8. The van der Waals surface area contributed by atoms with Crippen molar-refractivity contribution in [1.82, 2.24) is 14.7 Å². The molecule has 6 nitrogen and oxygen atoms in total. The predicted molar refractivity (Wildman–Crippen MR) is 116 cm³/mol. The molecule has 0 unspecified atom stereocenters. The van der Waals surface area contributed by atoms with Crippen molar-refractivity contribution >= 4 is 22.2 Å². The van der Waals surface area contributed by atoms with Crippen molar-refractivity contribution in [3.8, 4) is 11.1 Å². The molecule has 148 valence electrons. The molecule has 1 aromatic carbocycles. The minimum Gasteiger partial charge on any atom is -0.422 e.